The summed E-state index contributed by atoms with van der Waals surface area (Å²) < 4.78 is 5.85. The van der Waals surface area contributed by atoms with Gasteiger partial charge in [0.05, 0.1) is 0 Å². The smallest absolute Gasteiger partial charge is 0.246 e. The Morgan fingerprint density at radius 1 is 1.23 bits per heavy atom. The zero-order chi connectivity index (χ0) is 9.10. The Labute approximate surface area is 81.5 Å². The third-order valence-corrected chi connectivity index (χ3v) is 5.04. The molecular weight excluding hydrogens is 176 g/mol. The van der Waals surface area contributed by atoms with Gasteiger partial charge in [-0.05, 0) is 30.1 Å². The van der Waals surface area contributed by atoms with E-state index in [0.29, 0.717) is 0 Å². The van der Waals surface area contributed by atoms with Gasteiger partial charge in [0, 0.05) is 6.61 Å². The second-order valence-electron chi connectivity index (χ2n) is 3.54. The molecule has 0 saturated carbocycles. The van der Waals surface area contributed by atoms with Crippen LogP contribution in [0, 0.1) is 6.92 Å². The minimum absolute atomic E-state index is 0.656. The van der Waals surface area contributed by atoms with Crippen molar-refractivity contribution in [1.29, 1.82) is 0 Å². The second-order valence-corrected chi connectivity index (χ2v) is 5.72. The minimum Gasteiger partial charge on any atom is -0.412 e. The molecule has 1 saturated heterocycles. The van der Waals surface area contributed by atoms with E-state index in [0.717, 1.165) is 6.61 Å². The zero-order valence-corrected chi connectivity index (χ0v) is 9.05. The molecule has 1 radical (unpaired) electrons. The van der Waals surface area contributed by atoms with Crippen LogP contribution in [0.3, 0.4) is 0 Å². The first-order chi connectivity index (χ1) is 6.38. The van der Waals surface area contributed by atoms with Gasteiger partial charge in [-0.3, -0.25) is 0 Å². The number of aryl methyl sites for hydroxylation is 1. The molecule has 1 nitrogen and oxygen atoms in total. The molecule has 0 aliphatic carbocycles. The molecule has 0 spiro atoms. The molecule has 1 heterocycles. The van der Waals surface area contributed by atoms with Crippen LogP contribution in [0.2, 0.25) is 6.04 Å². The third kappa shape index (κ3) is 2.01. The normalized spacial score (nSPS) is 18.8. The lowest BCUT2D eigenvalue weighted by Crippen LogP contribution is -2.37. The summed E-state index contributed by atoms with van der Waals surface area (Å²) in [5, 5.41) is 1.48. The summed E-state index contributed by atoms with van der Waals surface area (Å²) in [4.78, 5) is 0. The molecule has 2 rings (SSSR count). The molecule has 2 heteroatoms. The van der Waals surface area contributed by atoms with Gasteiger partial charge in [0.25, 0.3) is 0 Å². The Balaban J connectivity index is 2.18. The van der Waals surface area contributed by atoms with Gasteiger partial charge < -0.3 is 4.43 Å². The zero-order valence-electron chi connectivity index (χ0n) is 8.05. The molecule has 1 aliphatic rings. The summed E-state index contributed by atoms with van der Waals surface area (Å²) in [6.07, 6.45) is 2.60. The van der Waals surface area contributed by atoms with Crippen molar-refractivity contribution in [2.45, 2.75) is 25.8 Å². The fraction of sp³-hybridized carbons (Fsp3) is 0.455. The minimum atomic E-state index is -0.656. The van der Waals surface area contributed by atoms with E-state index in [1.807, 2.05) is 0 Å². The van der Waals surface area contributed by atoms with Crippen molar-refractivity contribution in [3.8, 4) is 0 Å². The van der Waals surface area contributed by atoms with Gasteiger partial charge in [0.2, 0.25) is 9.04 Å². The van der Waals surface area contributed by atoms with Crippen molar-refractivity contribution in [1.82, 2.24) is 0 Å². The SMILES string of the molecule is Cc1ccccc1[Si]1CCCCO1. The summed E-state index contributed by atoms with van der Waals surface area (Å²) in [5.74, 6) is 0. The third-order valence-electron chi connectivity index (χ3n) is 2.52. The van der Waals surface area contributed by atoms with E-state index in [9.17, 15) is 0 Å². The molecule has 1 fully saturated rings. The maximum Gasteiger partial charge on any atom is 0.246 e. The predicted molar refractivity (Wildman–Crippen MR) is 56.6 cm³/mol. The van der Waals surface area contributed by atoms with Crippen LogP contribution < -0.4 is 5.19 Å². The summed E-state index contributed by atoms with van der Waals surface area (Å²) in [6.45, 7) is 3.16. The number of benzene rings is 1. The van der Waals surface area contributed by atoms with Crippen LogP contribution >= 0.6 is 0 Å². The highest BCUT2D eigenvalue weighted by molar-refractivity contribution is 6.68. The molecule has 69 valence electrons. The van der Waals surface area contributed by atoms with Gasteiger partial charge in [-0.25, -0.2) is 0 Å². The molecule has 0 N–H and O–H groups in total. The molecule has 0 bridgehead atoms. The Hall–Kier alpha value is -0.603. The molecule has 0 unspecified atom stereocenters. The van der Waals surface area contributed by atoms with Crippen LogP contribution in [0.15, 0.2) is 24.3 Å². The molecule has 0 atom stereocenters. The maximum atomic E-state index is 5.85. The highest BCUT2D eigenvalue weighted by atomic mass is 28.3. The van der Waals surface area contributed by atoms with Crippen LogP contribution in [0.4, 0.5) is 0 Å². The lowest BCUT2D eigenvalue weighted by Gasteiger charge is -2.21. The van der Waals surface area contributed by atoms with Crippen LogP contribution in [0.1, 0.15) is 18.4 Å². The van der Waals surface area contributed by atoms with Gasteiger partial charge in [0.15, 0.2) is 0 Å². The van der Waals surface area contributed by atoms with Crippen molar-refractivity contribution >= 4 is 14.2 Å². The second kappa shape index (κ2) is 4.07. The molecule has 13 heavy (non-hydrogen) atoms. The first kappa shape index (κ1) is 8.97. The summed E-state index contributed by atoms with van der Waals surface area (Å²) in [5.41, 5.74) is 1.40. The van der Waals surface area contributed by atoms with E-state index in [1.165, 1.54) is 29.6 Å². The van der Waals surface area contributed by atoms with Gasteiger partial charge >= 0.3 is 0 Å². The predicted octanol–water partition coefficient (Wildman–Crippen LogP) is 2.00. The maximum absolute atomic E-state index is 5.85. The first-order valence-electron chi connectivity index (χ1n) is 4.92. The highest BCUT2D eigenvalue weighted by Gasteiger charge is 2.20. The number of hydrogen-bond donors (Lipinski definition) is 0. The molecular formula is C11H15OSi. The standard InChI is InChI=1S/C11H15OSi/c1-10-6-2-3-7-11(10)13-9-5-4-8-12-13/h2-3,6-7H,4-5,8-9H2,1H3. The quantitative estimate of drug-likeness (QED) is 0.617. The average Bonchev–Trinajstić information content (AvgIpc) is 2.20. The number of rotatable bonds is 1. The Bertz CT molecular complexity index is 279. The molecule has 0 aromatic heterocycles. The topological polar surface area (TPSA) is 9.23 Å². The van der Waals surface area contributed by atoms with E-state index in [2.05, 4.69) is 31.2 Å². The van der Waals surface area contributed by atoms with Crippen LogP contribution in [-0.2, 0) is 4.43 Å². The van der Waals surface area contributed by atoms with E-state index < -0.39 is 9.04 Å². The van der Waals surface area contributed by atoms with Gasteiger partial charge in [-0.15, -0.1) is 0 Å². The van der Waals surface area contributed by atoms with Crippen molar-refractivity contribution in [3.05, 3.63) is 29.8 Å². The first-order valence-corrected chi connectivity index (χ1v) is 6.54. The Morgan fingerprint density at radius 2 is 2.08 bits per heavy atom. The lowest BCUT2D eigenvalue weighted by molar-refractivity contribution is 0.294. The Kier molecular flexibility index (Phi) is 2.81. The summed E-state index contributed by atoms with van der Waals surface area (Å²) in [7, 11) is -0.656. The Morgan fingerprint density at radius 3 is 2.77 bits per heavy atom. The molecule has 1 aliphatic heterocycles. The van der Waals surface area contributed by atoms with E-state index in [4.69, 9.17) is 4.43 Å². The monoisotopic (exact) mass is 191 g/mol. The van der Waals surface area contributed by atoms with Crippen LogP contribution in [0.25, 0.3) is 0 Å². The van der Waals surface area contributed by atoms with Crippen molar-refractivity contribution in [3.63, 3.8) is 0 Å². The largest absolute Gasteiger partial charge is 0.412 e. The molecule has 0 amide bonds. The van der Waals surface area contributed by atoms with Gasteiger partial charge in [-0.2, -0.15) is 0 Å². The van der Waals surface area contributed by atoms with Gasteiger partial charge in [-0.1, -0.05) is 30.7 Å². The van der Waals surface area contributed by atoms with Crippen molar-refractivity contribution in [2.24, 2.45) is 0 Å². The summed E-state index contributed by atoms with van der Waals surface area (Å²) in [6, 6.07) is 9.93. The fourth-order valence-electron chi connectivity index (χ4n) is 1.75. The van der Waals surface area contributed by atoms with Gasteiger partial charge in [0.1, 0.15) is 0 Å². The highest BCUT2D eigenvalue weighted by Crippen LogP contribution is 2.12. The van der Waals surface area contributed by atoms with Crippen molar-refractivity contribution in [2.75, 3.05) is 6.61 Å². The average molecular weight is 191 g/mol. The van der Waals surface area contributed by atoms with E-state index >= 15 is 0 Å². The lowest BCUT2D eigenvalue weighted by atomic mass is 10.2. The van der Waals surface area contributed by atoms with Crippen LogP contribution in [-0.4, -0.2) is 15.6 Å². The van der Waals surface area contributed by atoms with Crippen molar-refractivity contribution < 1.29 is 4.43 Å². The molecule has 1 aromatic rings. The molecule has 1 aromatic carbocycles. The van der Waals surface area contributed by atoms with Crippen LogP contribution in [0.5, 0.6) is 0 Å². The van der Waals surface area contributed by atoms with E-state index in [1.54, 1.807) is 0 Å². The number of hydrogen-bond acceptors (Lipinski definition) is 1. The van der Waals surface area contributed by atoms with E-state index in [-0.39, 0.29) is 0 Å². The fourth-order valence-corrected chi connectivity index (χ4v) is 4.09. The summed E-state index contributed by atoms with van der Waals surface area (Å²) >= 11 is 0.